The van der Waals surface area contributed by atoms with Gasteiger partial charge in [0.05, 0.1) is 12.3 Å². The average Bonchev–Trinajstić information content (AvgIpc) is 2.63. The van der Waals surface area contributed by atoms with Crippen molar-refractivity contribution >= 4 is 35.2 Å². The quantitative estimate of drug-likeness (QED) is 0.579. The number of amides is 1. The molecular weight excluding hydrogens is 354 g/mol. The Bertz CT molecular complexity index is 804. The highest BCUT2D eigenvalue weighted by atomic mass is 35.5. The van der Waals surface area contributed by atoms with Gasteiger partial charge in [0.25, 0.3) is 5.91 Å². The second-order valence-electron chi connectivity index (χ2n) is 5.35. The van der Waals surface area contributed by atoms with E-state index in [1.54, 1.807) is 42.5 Å². The van der Waals surface area contributed by atoms with Gasteiger partial charge in [0, 0.05) is 11.1 Å². The minimum absolute atomic E-state index is 0.448. The van der Waals surface area contributed by atoms with Gasteiger partial charge in [0.2, 0.25) is 0 Å². The number of anilines is 1. The van der Waals surface area contributed by atoms with E-state index < -0.39 is 18.0 Å². The summed E-state index contributed by atoms with van der Waals surface area (Å²) in [6.07, 6.45) is 1.81. The van der Waals surface area contributed by atoms with Crippen molar-refractivity contribution < 1.29 is 19.1 Å². The number of halogens is 1. The van der Waals surface area contributed by atoms with Gasteiger partial charge in [-0.05, 0) is 43.7 Å². The van der Waals surface area contributed by atoms with Gasteiger partial charge in [-0.25, -0.2) is 4.79 Å². The van der Waals surface area contributed by atoms with E-state index in [1.165, 1.54) is 13.0 Å². The number of rotatable bonds is 7. The molecule has 0 saturated carbocycles. The Morgan fingerprint density at radius 1 is 1.15 bits per heavy atom. The molecule has 0 aromatic heterocycles. The zero-order valence-electron chi connectivity index (χ0n) is 14.6. The Labute approximate surface area is 157 Å². The Morgan fingerprint density at radius 3 is 2.58 bits per heavy atom. The second kappa shape index (κ2) is 9.63. The van der Waals surface area contributed by atoms with Crippen LogP contribution in [0, 0.1) is 0 Å². The molecule has 1 unspecified atom stereocenters. The van der Waals surface area contributed by atoms with Crippen LogP contribution in [-0.2, 0) is 14.3 Å². The van der Waals surface area contributed by atoms with Crippen LogP contribution in [-0.4, -0.2) is 24.6 Å². The first-order valence-corrected chi connectivity index (χ1v) is 8.55. The first-order valence-electron chi connectivity index (χ1n) is 8.17. The summed E-state index contributed by atoms with van der Waals surface area (Å²) < 4.78 is 10.6. The summed E-state index contributed by atoms with van der Waals surface area (Å²) in [4.78, 5) is 24.2. The van der Waals surface area contributed by atoms with Gasteiger partial charge >= 0.3 is 5.97 Å². The van der Waals surface area contributed by atoms with Crippen LogP contribution in [0.1, 0.15) is 19.4 Å². The van der Waals surface area contributed by atoms with Crippen molar-refractivity contribution in [3.05, 3.63) is 65.2 Å². The molecule has 2 aromatic rings. The molecule has 0 aliphatic heterocycles. The summed E-state index contributed by atoms with van der Waals surface area (Å²) >= 11 is 6.02. The van der Waals surface area contributed by atoms with Gasteiger partial charge in [0.15, 0.2) is 6.10 Å². The lowest BCUT2D eigenvalue weighted by molar-refractivity contribution is -0.148. The fourth-order valence-corrected chi connectivity index (χ4v) is 2.32. The molecular formula is C20H20ClNO4. The minimum Gasteiger partial charge on any atom is -0.492 e. The van der Waals surface area contributed by atoms with E-state index in [1.807, 2.05) is 19.1 Å². The highest BCUT2D eigenvalue weighted by Gasteiger charge is 2.18. The third-order valence-corrected chi connectivity index (χ3v) is 3.76. The molecule has 1 N–H and O–H groups in total. The first kappa shape index (κ1) is 19.5. The lowest BCUT2D eigenvalue weighted by atomic mass is 10.2. The maximum absolute atomic E-state index is 12.2. The van der Waals surface area contributed by atoms with Crippen molar-refractivity contribution in [3.63, 3.8) is 0 Å². The van der Waals surface area contributed by atoms with Gasteiger partial charge in [-0.1, -0.05) is 41.9 Å². The zero-order valence-corrected chi connectivity index (χ0v) is 15.3. The molecule has 6 heteroatoms. The number of carbonyl (C=O) groups excluding carboxylic acids is 2. The van der Waals surface area contributed by atoms with Crippen molar-refractivity contribution in [2.24, 2.45) is 0 Å². The van der Waals surface area contributed by atoms with E-state index in [2.05, 4.69) is 5.32 Å². The molecule has 2 rings (SSSR count). The predicted molar refractivity (Wildman–Crippen MR) is 102 cm³/mol. The minimum atomic E-state index is -0.965. The van der Waals surface area contributed by atoms with Crippen molar-refractivity contribution in [2.45, 2.75) is 20.0 Å². The van der Waals surface area contributed by atoms with Crippen LogP contribution in [0.5, 0.6) is 5.75 Å². The molecule has 2 aromatic carbocycles. The number of esters is 1. The summed E-state index contributed by atoms with van der Waals surface area (Å²) in [6.45, 7) is 3.83. The zero-order chi connectivity index (χ0) is 18.9. The topological polar surface area (TPSA) is 64.6 Å². The SMILES string of the molecule is CCOc1ccccc1NC(=O)C(C)OC(=O)/C=C/c1ccccc1Cl. The van der Waals surface area contributed by atoms with Crippen molar-refractivity contribution in [1.29, 1.82) is 0 Å². The molecule has 0 heterocycles. The highest BCUT2D eigenvalue weighted by molar-refractivity contribution is 6.32. The fraction of sp³-hybridized carbons (Fsp3) is 0.200. The van der Waals surface area contributed by atoms with Gasteiger partial charge in [0.1, 0.15) is 5.75 Å². The third kappa shape index (κ3) is 5.63. The van der Waals surface area contributed by atoms with Crippen LogP contribution in [0.25, 0.3) is 6.08 Å². The molecule has 1 atom stereocenters. The standard InChI is InChI=1S/C20H20ClNO4/c1-3-25-18-11-7-6-10-17(18)22-20(24)14(2)26-19(23)13-12-15-8-4-5-9-16(15)21/h4-14H,3H2,1-2H3,(H,22,24)/b13-12+. The Hall–Kier alpha value is -2.79. The molecule has 0 aliphatic carbocycles. The van der Waals surface area contributed by atoms with Gasteiger partial charge in [-0.3, -0.25) is 4.79 Å². The van der Waals surface area contributed by atoms with E-state index in [0.29, 0.717) is 28.6 Å². The molecule has 0 radical (unpaired) electrons. The Morgan fingerprint density at radius 2 is 1.85 bits per heavy atom. The second-order valence-corrected chi connectivity index (χ2v) is 5.76. The van der Waals surface area contributed by atoms with Crippen LogP contribution >= 0.6 is 11.6 Å². The Kier molecular flexibility index (Phi) is 7.24. The van der Waals surface area contributed by atoms with Gasteiger partial charge < -0.3 is 14.8 Å². The maximum Gasteiger partial charge on any atom is 0.331 e. The third-order valence-electron chi connectivity index (χ3n) is 3.41. The van der Waals surface area contributed by atoms with Crippen LogP contribution < -0.4 is 10.1 Å². The lowest BCUT2D eigenvalue weighted by Crippen LogP contribution is -2.29. The van der Waals surface area contributed by atoms with Gasteiger partial charge in [-0.2, -0.15) is 0 Å². The molecule has 136 valence electrons. The van der Waals surface area contributed by atoms with Crippen molar-refractivity contribution in [2.75, 3.05) is 11.9 Å². The summed E-state index contributed by atoms with van der Waals surface area (Å²) in [5.41, 5.74) is 1.21. The number of hydrogen-bond acceptors (Lipinski definition) is 4. The van der Waals surface area contributed by atoms with E-state index >= 15 is 0 Å². The summed E-state index contributed by atoms with van der Waals surface area (Å²) in [5, 5.41) is 3.22. The van der Waals surface area contributed by atoms with E-state index in [9.17, 15) is 9.59 Å². The molecule has 0 fully saturated rings. The van der Waals surface area contributed by atoms with Crippen LogP contribution in [0.4, 0.5) is 5.69 Å². The molecule has 0 aliphatic rings. The van der Waals surface area contributed by atoms with Crippen LogP contribution in [0.2, 0.25) is 5.02 Å². The molecule has 0 bridgehead atoms. The summed E-state index contributed by atoms with van der Waals surface area (Å²) in [6, 6.07) is 14.2. The van der Waals surface area contributed by atoms with Gasteiger partial charge in [-0.15, -0.1) is 0 Å². The predicted octanol–water partition coefficient (Wildman–Crippen LogP) is 4.32. The normalized spacial score (nSPS) is 11.8. The largest absolute Gasteiger partial charge is 0.492 e. The van der Waals surface area contributed by atoms with Crippen molar-refractivity contribution in [1.82, 2.24) is 0 Å². The van der Waals surface area contributed by atoms with Crippen LogP contribution in [0.3, 0.4) is 0 Å². The number of hydrogen-bond donors (Lipinski definition) is 1. The smallest absolute Gasteiger partial charge is 0.331 e. The lowest BCUT2D eigenvalue weighted by Gasteiger charge is -2.15. The average molecular weight is 374 g/mol. The maximum atomic E-state index is 12.2. The fourth-order valence-electron chi connectivity index (χ4n) is 2.12. The Balaban J connectivity index is 1.94. The molecule has 1 amide bonds. The molecule has 26 heavy (non-hydrogen) atoms. The summed E-state index contributed by atoms with van der Waals surface area (Å²) in [5.74, 6) is -0.525. The number of benzene rings is 2. The van der Waals surface area contributed by atoms with Crippen molar-refractivity contribution in [3.8, 4) is 5.75 Å². The highest BCUT2D eigenvalue weighted by Crippen LogP contribution is 2.24. The monoisotopic (exact) mass is 373 g/mol. The van der Waals surface area contributed by atoms with E-state index in [4.69, 9.17) is 21.1 Å². The molecule has 0 spiro atoms. The number of nitrogens with one attached hydrogen (secondary N) is 1. The summed E-state index contributed by atoms with van der Waals surface area (Å²) in [7, 11) is 0. The molecule has 0 saturated heterocycles. The molecule has 5 nitrogen and oxygen atoms in total. The number of para-hydroxylation sites is 2. The van der Waals surface area contributed by atoms with E-state index in [-0.39, 0.29) is 0 Å². The van der Waals surface area contributed by atoms with E-state index in [0.717, 1.165) is 0 Å². The number of carbonyl (C=O) groups is 2. The number of ether oxygens (including phenoxy) is 2. The van der Waals surface area contributed by atoms with Crippen LogP contribution in [0.15, 0.2) is 54.6 Å². The first-order chi connectivity index (χ1) is 12.5.